The van der Waals surface area contributed by atoms with Gasteiger partial charge >= 0.3 is 0 Å². The largest absolute Gasteiger partial charge is 0.387 e. The van der Waals surface area contributed by atoms with Gasteiger partial charge < -0.3 is 26.0 Å². The fraction of sp³-hybridized carbons (Fsp3) is 0.400. The number of hydrazone groups is 1. The zero-order valence-electron chi connectivity index (χ0n) is 20.6. The Hall–Kier alpha value is -4.05. The van der Waals surface area contributed by atoms with Gasteiger partial charge in [0.2, 0.25) is 5.95 Å². The number of carbonyl (C=O) groups excluding carboxylic acids is 1. The van der Waals surface area contributed by atoms with E-state index in [0.29, 0.717) is 6.54 Å². The highest BCUT2D eigenvalue weighted by atomic mass is 16.6. The monoisotopic (exact) mass is 506 g/mol. The molecule has 0 saturated carbocycles. The summed E-state index contributed by atoms with van der Waals surface area (Å²) in [5.74, 6) is 5.95. The molecular formula is C25H30N8O4. The van der Waals surface area contributed by atoms with E-state index in [2.05, 4.69) is 49.6 Å². The van der Waals surface area contributed by atoms with Crippen LogP contribution in [0.2, 0.25) is 0 Å². The molecular weight excluding hydrogens is 476 g/mol. The minimum absolute atomic E-state index is 0.0840. The molecule has 0 unspecified atom stereocenters. The molecule has 194 valence electrons. The Labute approximate surface area is 214 Å². The van der Waals surface area contributed by atoms with E-state index in [0.717, 1.165) is 30.4 Å². The number of rotatable bonds is 8. The van der Waals surface area contributed by atoms with Crippen LogP contribution in [0, 0.1) is 11.8 Å². The van der Waals surface area contributed by atoms with Crippen LogP contribution in [0.5, 0.6) is 0 Å². The Bertz CT molecular complexity index is 1330. The van der Waals surface area contributed by atoms with Gasteiger partial charge in [-0.3, -0.25) is 9.36 Å². The topological polar surface area (TPSA) is 173 Å². The maximum Gasteiger partial charge on any atom is 0.252 e. The number of imidazole rings is 1. The lowest BCUT2D eigenvalue weighted by Crippen LogP contribution is -2.42. The van der Waals surface area contributed by atoms with Crippen molar-refractivity contribution >= 4 is 35.1 Å². The minimum Gasteiger partial charge on any atom is -0.387 e. The van der Waals surface area contributed by atoms with Gasteiger partial charge in [0.15, 0.2) is 23.8 Å². The van der Waals surface area contributed by atoms with E-state index in [1.165, 1.54) is 10.9 Å². The zero-order chi connectivity index (χ0) is 26.4. The molecule has 0 aliphatic carbocycles. The molecule has 1 aliphatic rings. The molecule has 1 saturated heterocycles. The van der Waals surface area contributed by atoms with E-state index < -0.39 is 30.4 Å². The lowest BCUT2D eigenvalue weighted by molar-refractivity contribution is -0.137. The zero-order valence-corrected chi connectivity index (χ0v) is 20.6. The predicted octanol–water partition coefficient (Wildman–Crippen LogP) is 1.15. The molecule has 4 rings (SSSR count). The number of nitrogens with one attached hydrogen (secondary N) is 2. The van der Waals surface area contributed by atoms with Gasteiger partial charge in [-0.25, -0.2) is 10.4 Å². The molecule has 12 heteroatoms. The van der Waals surface area contributed by atoms with Crippen molar-refractivity contribution in [2.75, 3.05) is 17.7 Å². The van der Waals surface area contributed by atoms with E-state index >= 15 is 0 Å². The molecule has 37 heavy (non-hydrogen) atoms. The molecule has 3 heterocycles. The summed E-state index contributed by atoms with van der Waals surface area (Å²) in [6.45, 7) is 4.24. The Morgan fingerprint density at radius 2 is 2.03 bits per heavy atom. The summed E-state index contributed by atoms with van der Waals surface area (Å²) in [6.07, 6.45) is 0.891. The summed E-state index contributed by atoms with van der Waals surface area (Å²) in [4.78, 5) is 25.0. The fourth-order valence-electron chi connectivity index (χ4n) is 3.80. The third-order valence-electron chi connectivity index (χ3n) is 5.75. The number of likely N-dealkylation sites (N-methyl/N-ethyl adjacent to an activating group) is 1. The van der Waals surface area contributed by atoms with E-state index in [4.69, 9.17) is 10.5 Å². The van der Waals surface area contributed by atoms with Gasteiger partial charge in [0.25, 0.3) is 5.91 Å². The van der Waals surface area contributed by atoms with Crippen molar-refractivity contribution < 1.29 is 19.7 Å². The third-order valence-corrected chi connectivity index (χ3v) is 5.75. The lowest BCUT2D eigenvalue weighted by Gasteiger charge is -2.16. The van der Waals surface area contributed by atoms with Gasteiger partial charge in [-0.2, -0.15) is 15.1 Å². The van der Waals surface area contributed by atoms with Crippen LogP contribution in [0.4, 0.5) is 11.8 Å². The number of fused-ring (bicyclic) bond motifs is 1. The highest BCUT2D eigenvalue weighted by Crippen LogP contribution is 2.32. The van der Waals surface area contributed by atoms with Gasteiger partial charge in [-0.1, -0.05) is 37.3 Å². The number of hydrogen-bond acceptors (Lipinski definition) is 10. The van der Waals surface area contributed by atoms with Crippen LogP contribution in [0.25, 0.3) is 11.2 Å². The normalized spacial score (nSPS) is 21.2. The molecule has 3 aromatic rings. The molecule has 1 fully saturated rings. The number of amides is 1. The summed E-state index contributed by atoms with van der Waals surface area (Å²) >= 11 is 0. The molecule has 0 bridgehead atoms. The number of aliphatic hydroxyl groups is 2. The van der Waals surface area contributed by atoms with Crippen molar-refractivity contribution in [3.63, 3.8) is 0 Å². The molecule has 1 amide bonds. The number of hydrogen-bond donors (Lipinski definition) is 5. The molecule has 12 nitrogen and oxygen atoms in total. The first-order valence-electron chi connectivity index (χ1n) is 12.1. The average Bonchev–Trinajstić information content (AvgIpc) is 3.44. The van der Waals surface area contributed by atoms with Crippen LogP contribution < -0.4 is 16.5 Å². The van der Waals surface area contributed by atoms with Crippen molar-refractivity contribution in [2.45, 2.75) is 57.6 Å². The van der Waals surface area contributed by atoms with E-state index in [1.807, 2.05) is 24.3 Å². The summed E-state index contributed by atoms with van der Waals surface area (Å²) in [5.41, 5.74) is 11.1. The van der Waals surface area contributed by atoms with Crippen LogP contribution >= 0.6 is 0 Å². The van der Waals surface area contributed by atoms with Gasteiger partial charge in [0.05, 0.1) is 12.5 Å². The van der Waals surface area contributed by atoms with Crippen molar-refractivity contribution in [3.05, 3.63) is 41.7 Å². The Morgan fingerprint density at radius 3 is 2.76 bits per heavy atom. The van der Waals surface area contributed by atoms with Crippen LogP contribution in [0.15, 0.2) is 35.7 Å². The first-order valence-corrected chi connectivity index (χ1v) is 12.1. The van der Waals surface area contributed by atoms with Crippen LogP contribution in [-0.2, 0) is 9.53 Å². The number of carbonyl (C=O) groups is 1. The molecule has 4 atom stereocenters. The number of aromatic nitrogens is 4. The highest BCUT2D eigenvalue weighted by Gasteiger charge is 2.47. The average molecular weight is 507 g/mol. The van der Waals surface area contributed by atoms with E-state index in [9.17, 15) is 15.0 Å². The van der Waals surface area contributed by atoms with Gasteiger partial charge in [-0.15, -0.1) is 0 Å². The van der Waals surface area contributed by atoms with Crippen molar-refractivity contribution in [1.82, 2.24) is 24.8 Å². The standard InChI is InChI=1S/C25H30N8O4/c1-3-5-6-7-8-15-9-11-16(12-10-15)13-29-32-25-30-21(26)17-22(31-25)33(14-28-17)24-19(35)18(34)20(37-24)23(36)27-4-2/h9-14,18-20,24,34-35H,3-6H2,1-2H3,(H,27,36)(H3,26,30,31,32)/b29-13+/t18-,19+,20-,24+/m0/s1. The molecule has 2 aromatic heterocycles. The van der Waals surface area contributed by atoms with Crippen molar-refractivity contribution in [1.29, 1.82) is 0 Å². The second kappa shape index (κ2) is 11.8. The minimum atomic E-state index is -1.43. The first kappa shape index (κ1) is 26.0. The number of ether oxygens (including phenoxy) is 1. The maximum absolute atomic E-state index is 12.2. The van der Waals surface area contributed by atoms with Gasteiger partial charge in [-0.05, 0) is 31.0 Å². The second-order valence-electron chi connectivity index (χ2n) is 8.48. The van der Waals surface area contributed by atoms with Crippen molar-refractivity contribution in [3.8, 4) is 11.8 Å². The smallest absolute Gasteiger partial charge is 0.252 e. The molecule has 0 radical (unpaired) electrons. The van der Waals surface area contributed by atoms with Crippen LogP contribution in [-0.4, -0.2) is 66.7 Å². The SMILES string of the molecule is CCCCC#Cc1ccc(/C=N/Nc2nc(N)c3ncn([C@@H]4O[C@H](C(=O)NCC)[C@@H](O)[C@H]4O)c3n2)cc1. The number of aliphatic hydroxyl groups excluding tert-OH is 2. The van der Waals surface area contributed by atoms with Crippen LogP contribution in [0.3, 0.4) is 0 Å². The quantitative estimate of drug-likeness (QED) is 0.130. The Kier molecular flexibility index (Phi) is 8.29. The molecule has 1 aromatic carbocycles. The number of nitrogens with two attached hydrogens (primary N) is 1. The number of nitrogen functional groups attached to an aromatic ring is 1. The summed E-state index contributed by atoms with van der Waals surface area (Å²) in [6, 6.07) is 7.65. The number of anilines is 2. The summed E-state index contributed by atoms with van der Waals surface area (Å²) in [7, 11) is 0. The number of nitrogens with zero attached hydrogens (tertiary/aromatic N) is 5. The number of unbranched alkanes of at least 4 members (excludes halogenated alkanes) is 2. The van der Waals surface area contributed by atoms with Gasteiger partial charge in [0, 0.05) is 18.5 Å². The molecule has 6 N–H and O–H groups in total. The molecule has 1 aliphatic heterocycles. The van der Waals surface area contributed by atoms with E-state index in [-0.39, 0.29) is 22.9 Å². The highest BCUT2D eigenvalue weighted by molar-refractivity contribution is 5.84. The predicted molar refractivity (Wildman–Crippen MR) is 138 cm³/mol. The maximum atomic E-state index is 12.2. The lowest BCUT2D eigenvalue weighted by atomic mass is 10.1. The van der Waals surface area contributed by atoms with Crippen molar-refractivity contribution in [2.24, 2.45) is 5.10 Å². The first-order chi connectivity index (χ1) is 17.9. The third kappa shape index (κ3) is 5.86. The summed E-state index contributed by atoms with van der Waals surface area (Å²) < 4.78 is 7.07. The second-order valence-corrected chi connectivity index (χ2v) is 8.48. The van der Waals surface area contributed by atoms with Crippen LogP contribution in [0.1, 0.15) is 50.5 Å². The fourth-order valence-corrected chi connectivity index (χ4v) is 3.80. The van der Waals surface area contributed by atoms with Gasteiger partial charge in [0.1, 0.15) is 17.7 Å². The number of benzene rings is 1. The molecule has 0 spiro atoms. The Morgan fingerprint density at radius 1 is 1.24 bits per heavy atom. The Balaban J connectivity index is 1.49. The summed E-state index contributed by atoms with van der Waals surface area (Å²) in [5, 5.41) is 27.6. The van der Waals surface area contributed by atoms with E-state index in [1.54, 1.807) is 13.1 Å².